The zero-order valence-corrected chi connectivity index (χ0v) is 15.5. The van der Waals surface area contributed by atoms with Crippen LogP contribution in [-0.2, 0) is 27.4 Å². The van der Waals surface area contributed by atoms with E-state index in [0.29, 0.717) is 6.54 Å². The molecule has 1 aliphatic carbocycles. The molecule has 1 heterocycles. The maximum Gasteiger partial charge on any atom is 0.310 e. The Morgan fingerprint density at radius 3 is 2.44 bits per heavy atom. The number of carbonyl (C=O) groups excluding carboxylic acids is 2. The highest BCUT2D eigenvalue weighted by Crippen LogP contribution is 2.36. The average Bonchev–Trinajstić information content (AvgIpc) is 3.16. The molecule has 1 fully saturated rings. The van der Waals surface area contributed by atoms with Crippen molar-refractivity contribution >= 4 is 17.6 Å². The number of nitrogens with zero attached hydrogens (tertiary/aromatic N) is 1. The van der Waals surface area contributed by atoms with E-state index in [1.807, 2.05) is 53.4 Å². The lowest BCUT2D eigenvalue weighted by molar-refractivity contribution is -0.155. The predicted octanol–water partition coefficient (Wildman–Crippen LogP) is 4.13. The van der Waals surface area contributed by atoms with E-state index in [-0.39, 0.29) is 30.3 Å². The first-order valence-corrected chi connectivity index (χ1v) is 9.84. The Labute approximate surface area is 160 Å². The molecule has 4 nitrogen and oxygen atoms in total. The van der Waals surface area contributed by atoms with Crippen molar-refractivity contribution in [3.8, 4) is 0 Å². The van der Waals surface area contributed by atoms with Crippen molar-refractivity contribution in [1.82, 2.24) is 0 Å². The summed E-state index contributed by atoms with van der Waals surface area (Å²) in [7, 11) is 0. The summed E-state index contributed by atoms with van der Waals surface area (Å²) in [4.78, 5) is 27.9. The van der Waals surface area contributed by atoms with Gasteiger partial charge in [-0.3, -0.25) is 9.59 Å². The molecule has 0 bridgehead atoms. The van der Waals surface area contributed by atoms with Gasteiger partial charge in [0.05, 0.1) is 11.8 Å². The minimum absolute atomic E-state index is 0.0845. The second-order valence-electron chi connectivity index (χ2n) is 7.46. The third-order valence-corrected chi connectivity index (χ3v) is 5.76. The highest BCUT2D eigenvalue weighted by Gasteiger charge is 2.40. The number of benzene rings is 2. The molecule has 2 aliphatic rings. The molecule has 0 saturated heterocycles. The van der Waals surface area contributed by atoms with Crippen LogP contribution < -0.4 is 4.90 Å². The summed E-state index contributed by atoms with van der Waals surface area (Å²) in [5.74, 6) is -0.749. The molecular formula is C23H25NO3. The number of rotatable bonds is 4. The number of anilines is 1. The third kappa shape index (κ3) is 3.75. The molecule has 1 aliphatic heterocycles. The number of amides is 1. The summed E-state index contributed by atoms with van der Waals surface area (Å²) < 4.78 is 5.57. The van der Waals surface area contributed by atoms with Gasteiger partial charge in [-0.2, -0.15) is 0 Å². The number of hydrogen-bond donors (Lipinski definition) is 0. The lowest BCUT2D eigenvalue weighted by Crippen LogP contribution is -2.42. The minimum atomic E-state index is -0.331. The van der Waals surface area contributed by atoms with Gasteiger partial charge in [0.25, 0.3) is 0 Å². The monoisotopic (exact) mass is 363 g/mol. The number of carbonyl (C=O) groups is 2. The van der Waals surface area contributed by atoms with Crippen LogP contribution >= 0.6 is 0 Å². The van der Waals surface area contributed by atoms with E-state index in [0.717, 1.165) is 43.4 Å². The first-order valence-electron chi connectivity index (χ1n) is 9.84. The Kier molecular flexibility index (Phi) is 5.23. The Bertz CT molecular complexity index is 817. The second-order valence-corrected chi connectivity index (χ2v) is 7.46. The molecular weight excluding hydrogens is 338 g/mol. The van der Waals surface area contributed by atoms with E-state index in [1.54, 1.807) is 0 Å². The van der Waals surface area contributed by atoms with Gasteiger partial charge in [0.2, 0.25) is 5.91 Å². The van der Waals surface area contributed by atoms with Gasteiger partial charge in [-0.15, -0.1) is 0 Å². The molecule has 0 radical (unpaired) electrons. The lowest BCUT2D eigenvalue weighted by Gasteiger charge is -2.32. The topological polar surface area (TPSA) is 46.6 Å². The molecule has 4 rings (SSSR count). The molecule has 1 amide bonds. The van der Waals surface area contributed by atoms with Gasteiger partial charge in [-0.05, 0) is 36.5 Å². The van der Waals surface area contributed by atoms with E-state index in [4.69, 9.17) is 4.74 Å². The molecule has 0 aromatic heterocycles. The normalized spacial score (nSPS) is 21.6. The number of ether oxygens (including phenoxy) is 1. The molecule has 1 saturated carbocycles. The number of para-hydroxylation sites is 1. The molecule has 2 aromatic carbocycles. The SMILES string of the molecule is O=C(OCc1ccccc1)[C@H]1CCCC[C@H]1C(=O)N1CCc2ccccc21. The van der Waals surface area contributed by atoms with E-state index < -0.39 is 0 Å². The molecule has 0 N–H and O–H groups in total. The van der Waals surface area contributed by atoms with Crippen LogP contribution in [0.1, 0.15) is 36.8 Å². The van der Waals surface area contributed by atoms with Crippen LogP contribution in [0.4, 0.5) is 5.69 Å². The van der Waals surface area contributed by atoms with Gasteiger partial charge in [-0.25, -0.2) is 0 Å². The standard InChI is InChI=1S/C23H25NO3/c25-22(24-15-14-18-10-4-7-13-21(18)24)19-11-5-6-12-20(19)23(26)27-16-17-8-2-1-3-9-17/h1-4,7-10,13,19-20H,5-6,11-12,14-16H2/t19-,20+/m1/s1. The summed E-state index contributed by atoms with van der Waals surface area (Å²) in [6.07, 6.45) is 4.36. The van der Waals surface area contributed by atoms with Crippen LogP contribution in [0.5, 0.6) is 0 Å². The Hall–Kier alpha value is -2.62. The first kappa shape index (κ1) is 17.8. The summed E-state index contributed by atoms with van der Waals surface area (Å²) in [5.41, 5.74) is 3.19. The molecule has 0 unspecified atom stereocenters. The number of esters is 1. The van der Waals surface area contributed by atoms with Gasteiger partial charge < -0.3 is 9.64 Å². The summed E-state index contributed by atoms with van der Waals surface area (Å²) >= 11 is 0. The van der Waals surface area contributed by atoms with Crippen molar-refractivity contribution in [3.05, 3.63) is 65.7 Å². The van der Waals surface area contributed by atoms with Gasteiger partial charge in [0.15, 0.2) is 0 Å². The molecule has 2 atom stereocenters. The fourth-order valence-electron chi connectivity index (χ4n) is 4.31. The maximum absolute atomic E-state index is 13.3. The van der Waals surface area contributed by atoms with E-state index in [1.165, 1.54) is 5.56 Å². The van der Waals surface area contributed by atoms with Crippen LogP contribution in [0.25, 0.3) is 0 Å². The van der Waals surface area contributed by atoms with Gasteiger partial charge >= 0.3 is 5.97 Å². The predicted molar refractivity (Wildman–Crippen MR) is 104 cm³/mol. The van der Waals surface area contributed by atoms with Crippen LogP contribution in [0.2, 0.25) is 0 Å². The van der Waals surface area contributed by atoms with Crippen molar-refractivity contribution < 1.29 is 14.3 Å². The quantitative estimate of drug-likeness (QED) is 0.768. The molecule has 2 aromatic rings. The highest BCUT2D eigenvalue weighted by atomic mass is 16.5. The molecule has 4 heteroatoms. The highest BCUT2D eigenvalue weighted by molar-refractivity contribution is 5.99. The van der Waals surface area contributed by atoms with Crippen molar-refractivity contribution in [2.45, 2.75) is 38.7 Å². The van der Waals surface area contributed by atoms with Gasteiger partial charge in [-0.1, -0.05) is 61.4 Å². The van der Waals surface area contributed by atoms with Crippen molar-refractivity contribution in [2.75, 3.05) is 11.4 Å². The fraction of sp³-hybridized carbons (Fsp3) is 0.391. The second kappa shape index (κ2) is 7.95. The minimum Gasteiger partial charge on any atom is -0.461 e. The first-order chi connectivity index (χ1) is 13.2. The van der Waals surface area contributed by atoms with Crippen LogP contribution in [0.3, 0.4) is 0 Å². The molecule has 0 spiro atoms. The maximum atomic E-state index is 13.3. The van der Waals surface area contributed by atoms with E-state index >= 15 is 0 Å². The largest absolute Gasteiger partial charge is 0.461 e. The smallest absolute Gasteiger partial charge is 0.310 e. The van der Waals surface area contributed by atoms with E-state index in [9.17, 15) is 9.59 Å². The molecule has 140 valence electrons. The summed E-state index contributed by atoms with van der Waals surface area (Å²) in [6, 6.07) is 17.8. The Morgan fingerprint density at radius 1 is 0.926 bits per heavy atom. The Balaban J connectivity index is 1.46. The zero-order valence-electron chi connectivity index (χ0n) is 15.5. The van der Waals surface area contributed by atoms with Gasteiger partial charge in [0.1, 0.15) is 6.61 Å². The van der Waals surface area contributed by atoms with E-state index in [2.05, 4.69) is 6.07 Å². The number of hydrogen-bond acceptors (Lipinski definition) is 3. The van der Waals surface area contributed by atoms with Crippen molar-refractivity contribution in [1.29, 1.82) is 0 Å². The lowest BCUT2D eigenvalue weighted by atomic mass is 9.78. The summed E-state index contributed by atoms with van der Waals surface area (Å²) in [5, 5.41) is 0. The average molecular weight is 363 g/mol. The Morgan fingerprint density at radius 2 is 1.63 bits per heavy atom. The van der Waals surface area contributed by atoms with Crippen molar-refractivity contribution in [2.24, 2.45) is 11.8 Å². The van der Waals surface area contributed by atoms with Crippen LogP contribution in [-0.4, -0.2) is 18.4 Å². The summed E-state index contributed by atoms with van der Waals surface area (Å²) in [6.45, 7) is 0.976. The van der Waals surface area contributed by atoms with Crippen LogP contribution in [0, 0.1) is 11.8 Å². The van der Waals surface area contributed by atoms with Gasteiger partial charge in [0, 0.05) is 12.2 Å². The molecule has 27 heavy (non-hydrogen) atoms. The van der Waals surface area contributed by atoms with Crippen LogP contribution in [0.15, 0.2) is 54.6 Å². The zero-order chi connectivity index (χ0) is 18.6. The van der Waals surface area contributed by atoms with Crippen molar-refractivity contribution in [3.63, 3.8) is 0 Å². The number of fused-ring (bicyclic) bond motifs is 1. The third-order valence-electron chi connectivity index (χ3n) is 5.76. The fourth-order valence-corrected chi connectivity index (χ4v) is 4.31.